The number of aliphatic hydroxyl groups is 1. The predicted molar refractivity (Wildman–Crippen MR) is 150 cm³/mol. The first-order valence-corrected chi connectivity index (χ1v) is 13.7. The highest BCUT2D eigenvalue weighted by Gasteiger charge is 2.44. The highest BCUT2D eigenvalue weighted by molar-refractivity contribution is 9.10. The van der Waals surface area contributed by atoms with Crippen LogP contribution >= 0.6 is 15.9 Å². The standard InChI is InChI=1S/C30H34BrNO7/c1-35-23-9-6-20(7-10-23)19-38-15-16-39-25-11-8-21(17-27(25)37-3)24(33)18-22-5-4-14-30(22,34)28-13-12-26(36-2)29(31)32-28/h6-13,17,22,34H,4-5,14-16,18-19H2,1-3H3/t22-,30?/m0/s1. The number of aromatic nitrogens is 1. The van der Waals surface area contributed by atoms with Crippen LogP contribution in [0.5, 0.6) is 23.0 Å². The van der Waals surface area contributed by atoms with Crippen molar-refractivity contribution < 1.29 is 33.6 Å². The molecule has 1 N–H and O–H groups in total. The Bertz CT molecular complexity index is 1270. The molecule has 1 heterocycles. The first-order valence-electron chi connectivity index (χ1n) is 12.9. The molecule has 3 aromatic rings. The maximum absolute atomic E-state index is 13.3. The van der Waals surface area contributed by atoms with E-state index in [9.17, 15) is 9.90 Å². The summed E-state index contributed by atoms with van der Waals surface area (Å²) in [5.41, 5.74) is 0.915. The molecule has 1 aliphatic rings. The van der Waals surface area contributed by atoms with Crippen LogP contribution in [0.4, 0.5) is 0 Å². The second-order valence-electron chi connectivity index (χ2n) is 9.45. The van der Waals surface area contributed by atoms with Gasteiger partial charge in [-0.2, -0.15) is 0 Å². The number of benzene rings is 2. The Hall–Kier alpha value is -3.14. The highest BCUT2D eigenvalue weighted by Crippen LogP contribution is 2.46. The van der Waals surface area contributed by atoms with Gasteiger partial charge in [-0.1, -0.05) is 12.1 Å². The fourth-order valence-corrected chi connectivity index (χ4v) is 5.39. The third-order valence-corrected chi connectivity index (χ3v) is 7.66. The van der Waals surface area contributed by atoms with Gasteiger partial charge in [0.1, 0.15) is 22.6 Å². The van der Waals surface area contributed by atoms with Crippen molar-refractivity contribution in [2.24, 2.45) is 5.92 Å². The van der Waals surface area contributed by atoms with E-state index in [0.717, 1.165) is 24.2 Å². The lowest BCUT2D eigenvalue weighted by atomic mass is 9.83. The van der Waals surface area contributed by atoms with Gasteiger partial charge in [0.05, 0.1) is 40.2 Å². The first-order chi connectivity index (χ1) is 18.9. The van der Waals surface area contributed by atoms with Crippen LogP contribution in [-0.4, -0.2) is 50.4 Å². The van der Waals surface area contributed by atoms with Crippen LogP contribution < -0.4 is 18.9 Å². The van der Waals surface area contributed by atoms with Crippen molar-refractivity contribution in [1.82, 2.24) is 4.98 Å². The second kappa shape index (κ2) is 13.3. The minimum Gasteiger partial charge on any atom is -0.497 e. The Morgan fingerprint density at radius 1 is 0.974 bits per heavy atom. The molecule has 39 heavy (non-hydrogen) atoms. The molecule has 8 nitrogen and oxygen atoms in total. The predicted octanol–water partition coefficient (Wildman–Crippen LogP) is 5.73. The van der Waals surface area contributed by atoms with E-state index in [2.05, 4.69) is 20.9 Å². The van der Waals surface area contributed by atoms with Crippen LogP contribution in [0.3, 0.4) is 0 Å². The topological polar surface area (TPSA) is 96.3 Å². The molecule has 1 aliphatic carbocycles. The van der Waals surface area contributed by atoms with E-state index in [1.54, 1.807) is 51.7 Å². The average Bonchev–Trinajstić information content (AvgIpc) is 3.33. The summed E-state index contributed by atoms with van der Waals surface area (Å²) in [4.78, 5) is 17.8. The van der Waals surface area contributed by atoms with Gasteiger partial charge in [0, 0.05) is 17.9 Å². The molecule has 1 fully saturated rings. The average molecular weight is 601 g/mol. The number of methoxy groups -OCH3 is 3. The monoisotopic (exact) mass is 599 g/mol. The Morgan fingerprint density at radius 3 is 2.41 bits per heavy atom. The minimum atomic E-state index is -1.18. The Labute approximate surface area is 237 Å². The van der Waals surface area contributed by atoms with E-state index in [-0.39, 0.29) is 18.1 Å². The van der Waals surface area contributed by atoms with Crippen molar-refractivity contribution in [2.75, 3.05) is 34.5 Å². The third kappa shape index (κ3) is 6.90. The minimum absolute atomic E-state index is 0.0689. The molecule has 9 heteroatoms. The third-order valence-electron chi connectivity index (χ3n) is 7.09. The summed E-state index contributed by atoms with van der Waals surface area (Å²) < 4.78 is 28.0. The van der Waals surface area contributed by atoms with Gasteiger partial charge in [0.2, 0.25) is 0 Å². The number of hydrogen-bond donors (Lipinski definition) is 1. The molecule has 0 bridgehead atoms. The molecule has 4 rings (SSSR count). The molecular weight excluding hydrogens is 566 g/mol. The van der Waals surface area contributed by atoms with E-state index in [1.165, 1.54) is 0 Å². The number of pyridine rings is 1. The number of carbonyl (C=O) groups is 1. The van der Waals surface area contributed by atoms with E-state index >= 15 is 0 Å². The van der Waals surface area contributed by atoms with Crippen LogP contribution in [0.15, 0.2) is 59.2 Å². The zero-order valence-electron chi connectivity index (χ0n) is 22.4. The van der Waals surface area contributed by atoms with E-state index in [4.69, 9.17) is 23.7 Å². The van der Waals surface area contributed by atoms with Gasteiger partial charge in [0.25, 0.3) is 0 Å². The largest absolute Gasteiger partial charge is 0.497 e. The number of hydrogen-bond acceptors (Lipinski definition) is 8. The molecule has 1 unspecified atom stereocenters. The maximum atomic E-state index is 13.3. The Balaban J connectivity index is 1.33. The van der Waals surface area contributed by atoms with Gasteiger partial charge in [-0.3, -0.25) is 4.79 Å². The van der Waals surface area contributed by atoms with Gasteiger partial charge in [-0.15, -0.1) is 0 Å². The number of nitrogens with zero attached hydrogens (tertiary/aromatic N) is 1. The molecule has 2 aromatic carbocycles. The van der Waals surface area contributed by atoms with Gasteiger partial charge in [-0.05, 0) is 83.2 Å². The molecule has 0 radical (unpaired) electrons. The van der Waals surface area contributed by atoms with Crippen LogP contribution in [0.1, 0.15) is 47.3 Å². The summed E-state index contributed by atoms with van der Waals surface area (Å²) in [5, 5.41) is 11.5. The summed E-state index contributed by atoms with van der Waals surface area (Å²) in [7, 11) is 4.74. The van der Waals surface area contributed by atoms with Crippen LogP contribution in [0.2, 0.25) is 0 Å². The molecule has 208 valence electrons. The van der Waals surface area contributed by atoms with Gasteiger partial charge < -0.3 is 28.8 Å². The fraction of sp³-hybridized carbons (Fsp3) is 0.400. The molecule has 0 amide bonds. The molecule has 1 aromatic heterocycles. The lowest BCUT2D eigenvalue weighted by molar-refractivity contribution is -0.00831. The van der Waals surface area contributed by atoms with Crippen molar-refractivity contribution in [1.29, 1.82) is 0 Å². The summed E-state index contributed by atoms with van der Waals surface area (Å²) in [5.74, 6) is 2.08. The number of halogens is 1. The van der Waals surface area contributed by atoms with Gasteiger partial charge >= 0.3 is 0 Å². The van der Waals surface area contributed by atoms with Crippen molar-refractivity contribution >= 4 is 21.7 Å². The number of Topliss-reactive ketones (excluding diaryl/α,β-unsaturated/α-hetero) is 1. The zero-order chi connectivity index (χ0) is 27.8. The fourth-order valence-electron chi connectivity index (χ4n) is 4.91. The van der Waals surface area contributed by atoms with Gasteiger partial charge in [-0.25, -0.2) is 4.98 Å². The molecule has 0 aliphatic heterocycles. The van der Waals surface area contributed by atoms with Crippen molar-refractivity contribution in [3.63, 3.8) is 0 Å². The maximum Gasteiger partial charge on any atom is 0.163 e. The van der Waals surface area contributed by atoms with E-state index < -0.39 is 5.60 Å². The summed E-state index contributed by atoms with van der Waals surface area (Å²) >= 11 is 3.40. The summed E-state index contributed by atoms with van der Waals surface area (Å²) in [6.07, 6.45) is 2.30. The number of ether oxygens (including phenoxy) is 5. The summed E-state index contributed by atoms with van der Waals surface area (Å²) in [6, 6.07) is 16.4. The van der Waals surface area contributed by atoms with Crippen LogP contribution in [0.25, 0.3) is 0 Å². The molecule has 0 saturated heterocycles. The van der Waals surface area contributed by atoms with Crippen LogP contribution in [-0.2, 0) is 16.9 Å². The SMILES string of the molecule is COc1ccc(COCCOc2ccc(C(=O)C[C@@H]3CCCC3(O)c3ccc(OC)c(Br)n3)cc2OC)cc1. The van der Waals surface area contributed by atoms with Crippen molar-refractivity contribution in [3.05, 3.63) is 76.0 Å². The molecule has 1 saturated carbocycles. The molecule has 2 atom stereocenters. The second-order valence-corrected chi connectivity index (χ2v) is 10.2. The molecular formula is C30H34BrNO7. The number of ketones is 1. The summed E-state index contributed by atoms with van der Waals surface area (Å²) in [6.45, 7) is 1.19. The normalized spacial score (nSPS) is 18.5. The molecule has 0 spiro atoms. The Kier molecular flexibility index (Phi) is 9.83. The number of rotatable bonds is 13. The van der Waals surface area contributed by atoms with Gasteiger partial charge in [0.15, 0.2) is 23.0 Å². The highest BCUT2D eigenvalue weighted by atomic mass is 79.9. The lowest BCUT2D eigenvalue weighted by Gasteiger charge is -2.29. The quantitative estimate of drug-likeness (QED) is 0.151. The van der Waals surface area contributed by atoms with Crippen molar-refractivity contribution in [3.8, 4) is 23.0 Å². The number of carbonyl (C=O) groups excluding carboxylic acids is 1. The van der Waals surface area contributed by atoms with Crippen LogP contribution in [0, 0.1) is 5.92 Å². The Morgan fingerprint density at radius 2 is 1.72 bits per heavy atom. The zero-order valence-corrected chi connectivity index (χ0v) is 24.0. The van der Waals surface area contributed by atoms with E-state index in [1.807, 2.05) is 24.3 Å². The van der Waals surface area contributed by atoms with Crippen molar-refractivity contribution in [2.45, 2.75) is 37.9 Å². The van der Waals surface area contributed by atoms with E-state index in [0.29, 0.717) is 59.4 Å². The lowest BCUT2D eigenvalue weighted by Crippen LogP contribution is -2.33. The smallest absolute Gasteiger partial charge is 0.163 e. The first kappa shape index (κ1) is 28.9.